The van der Waals surface area contributed by atoms with Crippen molar-refractivity contribution in [2.75, 3.05) is 0 Å². The van der Waals surface area contributed by atoms with Crippen molar-refractivity contribution in [2.45, 2.75) is 24.5 Å². The SMILES string of the molecule is Cc1ccc(SCc2ccc(C(=O)O)o2)c(C)c1. The van der Waals surface area contributed by atoms with Crippen LogP contribution in [0, 0.1) is 13.8 Å². The van der Waals surface area contributed by atoms with Gasteiger partial charge in [-0.25, -0.2) is 4.79 Å². The highest BCUT2D eigenvalue weighted by molar-refractivity contribution is 7.98. The van der Waals surface area contributed by atoms with Crippen LogP contribution >= 0.6 is 11.8 Å². The van der Waals surface area contributed by atoms with Crippen LogP contribution < -0.4 is 0 Å². The van der Waals surface area contributed by atoms with Crippen LogP contribution in [0.1, 0.15) is 27.4 Å². The molecule has 1 aromatic carbocycles. The predicted octanol–water partition coefficient (Wildman–Crippen LogP) is 3.89. The summed E-state index contributed by atoms with van der Waals surface area (Å²) in [5, 5.41) is 8.76. The van der Waals surface area contributed by atoms with E-state index in [1.807, 2.05) is 0 Å². The molecule has 3 nitrogen and oxygen atoms in total. The molecule has 18 heavy (non-hydrogen) atoms. The number of carbonyl (C=O) groups is 1. The van der Waals surface area contributed by atoms with Gasteiger partial charge in [0.05, 0.1) is 5.75 Å². The second kappa shape index (κ2) is 5.31. The molecule has 94 valence electrons. The molecule has 0 aliphatic rings. The van der Waals surface area contributed by atoms with Gasteiger partial charge in [-0.1, -0.05) is 17.7 Å². The van der Waals surface area contributed by atoms with E-state index in [2.05, 4.69) is 32.0 Å². The number of hydrogen-bond donors (Lipinski definition) is 1. The van der Waals surface area contributed by atoms with E-state index in [0.717, 1.165) is 0 Å². The van der Waals surface area contributed by atoms with Crippen LogP contribution in [0.5, 0.6) is 0 Å². The van der Waals surface area contributed by atoms with Crippen molar-refractivity contribution in [1.29, 1.82) is 0 Å². The quantitative estimate of drug-likeness (QED) is 0.849. The zero-order valence-corrected chi connectivity index (χ0v) is 11.1. The first-order valence-electron chi connectivity index (χ1n) is 5.58. The largest absolute Gasteiger partial charge is 0.475 e. The fourth-order valence-corrected chi connectivity index (χ4v) is 2.58. The standard InChI is InChI=1S/C14H14O3S/c1-9-3-6-13(10(2)7-9)18-8-11-4-5-12(17-11)14(15)16/h3-7H,8H2,1-2H3,(H,15,16). The maximum absolute atomic E-state index is 10.7. The molecule has 0 unspecified atom stereocenters. The Morgan fingerprint density at radius 3 is 2.67 bits per heavy atom. The van der Waals surface area contributed by atoms with Crippen molar-refractivity contribution < 1.29 is 14.3 Å². The molecule has 0 saturated carbocycles. The second-order valence-electron chi connectivity index (χ2n) is 4.13. The van der Waals surface area contributed by atoms with Crippen molar-refractivity contribution in [3.05, 3.63) is 53.0 Å². The molecule has 1 aromatic heterocycles. The van der Waals surface area contributed by atoms with Gasteiger partial charge in [-0.3, -0.25) is 0 Å². The minimum absolute atomic E-state index is 0.00812. The molecule has 0 atom stereocenters. The molecule has 1 heterocycles. The maximum Gasteiger partial charge on any atom is 0.371 e. The van der Waals surface area contributed by atoms with Gasteiger partial charge in [-0.05, 0) is 37.6 Å². The van der Waals surface area contributed by atoms with Gasteiger partial charge < -0.3 is 9.52 Å². The molecular formula is C14H14O3S. The molecule has 1 N–H and O–H groups in total. The Balaban J connectivity index is 2.04. The number of thioether (sulfide) groups is 1. The fraction of sp³-hybridized carbons (Fsp3) is 0.214. The number of aryl methyl sites for hydroxylation is 2. The molecule has 0 saturated heterocycles. The second-order valence-corrected chi connectivity index (χ2v) is 5.15. The zero-order valence-electron chi connectivity index (χ0n) is 10.3. The summed E-state index contributed by atoms with van der Waals surface area (Å²) in [4.78, 5) is 11.9. The number of hydrogen-bond acceptors (Lipinski definition) is 3. The van der Waals surface area contributed by atoms with Gasteiger partial charge in [0.1, 0.15) is 5.76 Å². The molecule has 0 bridgehead atoms. The molecule has 0 fully saturated rings. The Hall–Kier alpha value is -1.68. The minimum Gasteiger partial charge on any atom is -0.475 e. The van der Waals surface area contributed by atoms with Crippen molar-refractivity contribution >= 4 is 17.7 Å². The van der Waals surface area contributed by atoms with Gasteiger partial charge in [0.15, 0.2) is 0 Å². The lowest BCUT2D eigenvalue weighted by atomic mass is 10.2. The van der Waals surface area contributed by atoms with Crippen molar-refractivity contribution in [3.63, 3.8) is 0 Å². The summed E-state index contributed by atoms with van der Waals surface area (Å²) in [5.41, 5.74) is 2.47. The van der Waals surface area contributed by atoms with E-state index in [1.165, 1.54) is 22.1 Å². The minimum atomic E-state index is -1.03. The smallest absolute Gasteiger partial charge is 0.371 e. The molecule has 4 heteroatoms. The zero-order chi connectivity index (χ0) is 13.1. The predicted molar refractivity (Wildman–Crippen MR) is 71.1 cm³/mol. The summed E-state index contributed by atoms with van der Waals surface area (Å²) >= 11 is 1.65. The van der Waals surface area contributed by atoms with E-state index < -0.39 is 5.97 Å². The summed E-state index contributed by atoms with van der Waals surface area (Å²) in [7, 11) is 0. The van der Waals surface area contributed by atoms with Crippen LogP contribution in [-0.4, -0.2) is 11.1 Å². The molecular weight excluding hydrogens is 248 g/mol. The molecule has 2 rings (SSSR count). The van der Waals surface area contributed by atoms with Crippen LogP contribution in [0.3, 0.4) is 0 Å². The molecule has 0 amide bonds. The first-order valence-corrected chi connectivity index (χ1v) is 6.57. The summed E-state index contributed by atoms with van der Waals surface area (Å²) in [6.07, 6.45) is 0. The highest BCUT2D eigenvalue weighted by Crippen LogP contribution is 2.27. The Kier molecular flexibility index (Phi) is 3.77. The highest BCUT2D eigenvalue weighted by Gasteiger charge is 2.09. The van der Waals surface area contributed by atoms with E-state index in [9.17, 15) is 4.79 Å². The van der Waals surface area contributed by atoms with Crippen molar-refractivity contribution in [2.24, 2.45) is 0 Å². The van der Waals surface area contributed by atoms with E-state index in [4.69, 9.17) is 9.52 Å². The lowest BCUT2D eigenvalue weighted by Gasteiger charge is -2.05. The first-order chi connectivity index (χ1) is 8.56. The maximum atomic E-state index is 10.7. The summed E-state index contributed by atoms with van der Waals surface area (Å²) in [6.45, 7) is 4.13. The first kappa shape index (κ1) is 12.8. The van der Waals surface area contributed by atoms with Crippen LogP contribution in [0.15, 0.2) is 39.6 Å². The van der Waals surface area contributed by atoms with Crippen molar-refractivity contribution in [3.8, 4) is 0 Å². The van der Waals surface area contributed by atoms with Gasteiger partial charge in [-0.2, -0.15) is 0 Å². The lowest BCUT2D eigenvalue weighted by Crippen LogP contribution is -1.91. The molecule has 0 spiro atoms. The van der Waals surface area contributed by atoms with Gasteiger partial charge >= 0.3 is 5.97 Å². The van der Waals surface area contributed by atoms with E-state index >= 15 is 0 Å². The number of furan rings is 1. The third-order valence-electron chi connectivity index (χ3n) is 2.57. The molecule has 0 aliphatic heterocycles. The Bertz CT molecular complexity index is 572. The topological polar surface area (TPSA) is 50.4 Å². The van der Waals surface area contributed by atoms with E-state index in [0.29, 0.717) is 11.5 Å². The number of benzene rings is 1. The summed E-state index contributed by atoms with van der Waals surface area (Å²) in [6, 6.07) is 9.48. The van der Waals surface area contributed by atoms with E-state index in [1.54, 1.807) is 17.8 Å². The van der Waals surface area contributed by atoms with Gasteiger partial charge in [-0.15, -0.1) is 11.8 Å². The third-order valence-corrected chi connectivity index (χ3v) is 3.77. The Morgan fingerprint density at radius 1 is 1.28 bits per heavy atom. The highest BCUT2D eigenvalue weighted by atomic mass is 32.2. The number of carboxylic acids is 1. The van der Waals surface area contributed by atoms with Crippen LogP contribution in [0.25, 0.3) is 0 Å². The number of carboxylic acid groups (broad SMARTS) is 1. The Labute approximate surface area is 110 Å². The molecule has 2 aromatic rings. The fourth-order valence-electron chi connectivity index (χ4n) is 1.68. The van der Waals surface area contributed by atoms with E-state index in [-0.39, 0.29) is 5.76 Å². The van der Waals surface area contributed by atoms with Crippen molar-refractivity contribution in [1.82, 2.24) is 0 Å². The average Bonchev–Trinajstić information content (AvgIpc) is 2.76. The van der Waals surface area contributed by atoms with Crippen LogP contribution in [0.4, 0.5) is 0 Å². The normalized spacial score (nSPS) is 10.6. The van der Waals surface area contributed by atoms with Gasteiger partial charge in [0.25, 0.3) is 0 Å². The third kappa shape index (κ3) is 2.96. The molecule has 0 radical (unpaired) electrons. The van der Waals surface area contributed by atoms with Gasteiger partial charge in [0, 0.05) is 4.90 Å². The summed E-state index contributed by atoms with van der Waals surface area (Å²) in [5.74, 6) is 0.276. The van der Waals surface area contributed by atoms with Crippen LogP contribution in [-0.2, 0) is 5.75 Å². The Morgan fingerprint density at radius 2 is 2.06 bits per heavy atom. The van der Waals surface area contributed by atoms with Crippen LogP contribution in [0.2, 0.25) is 0 Å². The monoisotopic (exact) mass is 262 g/mol. The number of aromatic carboxylic acids is 1. The molecule has 0 aliphatic carbocycles. The summed E-state index contributed by atoms with van der Waals surface area (Å²) < 4.78 is 5.21. The lowest BCUT2D eigenvalue weighted by molar-refractivity contribution is 0.0661. The average molecular weight is 262 g/mol. The number of rotatable bonds is 4. The van der Waals surface area contributed by atoms with Gasteiger partial charge in [0.2, 0.25) is 5.76 Å².